The molecule has 0 spiro atoms. The minimum Gasteiger partial charge on any atom is -0.489 e. The molecule has 5 atom stereocenters. The van der Waals surface area contributed by atoms with Crippen molar-refractivity contribution in [2.24, 2.45) is 11.3 Å². The molecule has 2 N–H and O–H groups in total. The SMILES string of the molecule is CC(C)c1cc2c3c(c1)C(O)CC1C(C)(CO)CCC(O2)C31C. The van der Waals surface area contributed by atoms with E-state index < -0.39 is 6.10 Å². The molecule has 1 aromatic rings. The lowest BCUT2D eigenvalue weighted by atomic mass is 9.49. The molecule has 3 aliphatic rings. The molecule has 0 radical (unpaired) electrons. The molecule has 23 heavy (non-hydrogen) atoms. The lowest BCUT2D eigenvalue weighted by Crippen LogP contribution is -2.56. The highest BCUT2D eigenvalue weighted by Gasteiger charge is 2.62. The van der Waals surface area contributed by atoms with E-state index in [1.165, 1.54) is 11.1 Å². The van der Waals surface area contributed by atoms with Crippen molar-refractivity contribution in [2.75, 3.05) is 6.61 Å². The van der Waals surface area contributed by atoms with E-state index in [1.54, 1.807) is 0 Å². The molecule has 0 saturated heterocycles. The van der Waals surface area contributed by atoms with Crippen molar-refractivity contribution in [3.63, 3.8) is 0 Å². The highest BCUT2D eigenvalue weighted by Crippen LogP contribution is 2.64. The number of aliphatic hydroxyl groups is 2. The first-order valence-corrected chi connectivity index (χ1v) is 8.95. The molecule has 126 valence electrons. The van der Waals surface area contributed by atoms with E-state index >= 15 is 0 Å². The molecule has 1 aliphatic heterocycles. The van der Waals surface area contributed by atoms with Crippen molar-refractivity contribution in [3.05, 3.63) is 28.8 Å². The molecule has 1 fully saturated rings. The van der Waals surface area contributed by atoms with Gasteiger partial charge in [0.1, 0.15) is 11.9 Å². The molecule has 3 nitrogen and oxygen atoms in total. The van der Waals surface area contributed by atoms with Gasteiger partial charge in [-0.05, 0) is 53.7 Å². The zero-order valence-electron chi connectivity index (χ0n) is 14.6. The number of aliphatic hydroxyl groups excluding tert-OH is 2. The van der Waals surface area contributed by atoms with Gasteiger partial charge in [0.2, 0.25) is 0 Å². The van der Waals surface area contributed by atoms with E-state index in [2.05, 4.69) is 39.8 Å². The molecule has 0 bridgehead atoms. The number of ether oxygens (including phenoxy) is 1. The van der Waals surface area contributed by atoms with Gasteiger partial charge < -0.3 is 14.9 Å². The van der Waals surface area contributed by atoms with Crippen molar-refractivity contribution in [1.82, 2.24) is 0 Å². The molecule has 0 amide bonds. The van der Waals surface area contributed by atoms with Crippen molar-refractivity contribution >= 4 is 0 Å². The van der Waals surface area contributed by atoms with Gasteiger partial charge in [0.05, 0.1) is 6.10 Å². The second kappa shape index (κ2) is 4.73. The largest absolute Gasteiger partial charge is 0.489 e. The summed E-state index contributed by atoms with van der Waals surface area (Å²) in [5.41, 5.74) is 3.30. The van der Waals surface area contributed by atoms with Crippen LogP contribution in [-0.2, 0) is 5.41 Å². The third-order valence-corrected chi connectivity index (χ3v) is 7.02. The quantitative estimate of drug-likeness (QED) is 0.875. The minimum absolute atomic E-state index is 0.0882. The highest BCUT2D eigenvalue weighted by molar-refractivity contribution is 5.56. The number of benzene rings is 1. The fraction of sp³-hybridized carbons (Fsp3) is 0.700. The third kappa shape index (κ3) is 1.84. The molecule has 5 unspecified atom stereocenters. The van der Waals surface area contributed by atoms with Gasteiger partial charge in [0, 0.05) is 17.6 Å². The first-order chi connectivity index (χ1) is 10.8. The predicted molar refractivity (Wildman–Crippen MR) is 89.8 cm³/mol. The Hall–Kier alpha value is -1.06. The summed E-state index contributed by atoms with van der Waals surface area (Å²) in [7, 11) is 0. The van der Waals surface area contributed by atoms with E-state index in [1.807, 2.05) is 0 Å². The van der Waals surface area contributed by atoms with Crippen LogP contribution in [0.25, 0.3) is 0 Å². The first-order valence-electron chi connectivity index (χ1n) is 8.95. The van der Waals surface area contributed by atoms with E-state index in [-0.39, 0.29) is 29.5 Å². The summed E-state index contributed by atoms with van der Waals surface area (Å²) < 4.78 is 6.39. The Balaban J connectivity index is 1.94. The van der Waals surface area contributed by atoms with Crippen LogP contribution in [0.5, 0.6) is 5.75 Å². The maximum atomic E-state index is 10.9. The Morgan fingerprint density at radius 1 is 1.30 bits per heavy atom. The maximum absolute atomic E-state index is 10.9. The van der Waals surface area contributed by atoms with Gasteiger partial charge in [-0.15, -0.1) is 0 Å². The van der Waals surface area contributed by atoms with Crippen molar-refractivity contribution in [1.29, 1.82) is 0 Å². The zero-order chi connectivity index (χ0) is 16.6. The summed E-state index contributed by atoms with van der Waals surface area (Å²) in [6.45, 7) is 9.02. The van der Waals surface area contributed by atoms with E-state index in [0.717, 1.165) is 30.6 Å². The van der Waals surface area contributed by atoms with Crippen LogP contribution in [0.3, 0.4) is 0 Å². The fourth-order valence-corrected chi connectivity index (χ4v) is 5.55. The maximum Gasteiger partial charge on any atom is 0.124 e. The first kappa shape index (κ1) is 15.5. The third-order valence-electron chi connectivity index (χ3n) is 7.02. The summed E-state index contributed by atoms with van der Waals surface area (Å²) in [6.07, 6.45) is 2.39. The number of rotatable bonds is 2. The van der Waals surface area contributed by atoms with Crippen LogP contribution in [0.4, 0.5) is 0 Å². The van der Waals surface area contributed by atoms with Gasteiger partial charge in [0.25, 0.3) is 0 Å². The van der Waals surface area contributed by atoms with Crippen LogP contribution in [0, 0.1) is 11.3 Å². The Bertz CT molecular complexity index is 653. The van der Waals surface area contributed by atoms with Gasteiger partial charge in [-0.3, -0.25) is 0 Å². The number of hydrogen-bond acceptors (Lipinski definition) is 3. The molecule has 1 heterocycles. The van der Waals surface area contributed by atoms with Crippen LogP contribution in [0.15, 0.2) is 12.1 Å². The summed E-state index contributed by atoms with van der Waals surface area (Å²) in [5, 5.41) is 20.9. The van der Waals surface area contributed by atoms with Gasteiger partial charge in [-0.2, -0.15) is 0 Å². The topological polar surface area (TPSA) is 49.7 Å². The molecular weight excluding hydrogens is 288 g/mol. The molecule has 1 saturated carbocycles. The van der Waals surface area contributed by atoms with Crippen LogP contribution >= 0.6 is 0 Å². The molecule has 1 aromatic carbocycles. The zero-order valence-corrected chi connectivity index (χ0v) is 14.6. The summed E-state index contributed by atoms with van der Waals surface area (Å²) in [4.78, 5) is 0. The van der Waals surface area contributed by atoms with Crippen LogP contribution in [0.2, 0.25) is 0 Å². The highest BCUT2D eigenvalue weighted by atomic mass is 16.5. The van der Waals surface area contributed by atoms with E-state index in [0.29, 0.717) is 5.92 Å². The van der Waals surface area contributed by atoms with Crippen LogP contribution < -0.4 is 4.74 Å². The van der Waals surface area contributed by atoms with Crippen molar-refractivity contribution in [2.45, 2.75) is 70.5 Å². The minimum atomic E-state index is -0.452. The second-order valence-corrected chi connectivity index (χ2v) is 8.68. The lowest BCUT2D eigenvalue weighted by molar-refractivity contribution is -0.0789. The van der Waals surface area contributed by atoms with E-state index in [9.17, 15) is 10.2 Å². The average Bonchev–Trinajstić information content (AvgIpc) is 2.82. The molecular formula is C20H28O3. The van der Waals surface area contributed by atoms with Crippen molar-refractivity contribution in [3.8, 4) is 5.75 Å². The van der Waals surface area contributed by atoms with Gasteiger partial charge in [-0.1, -0.05) is 33.8 Å². The van der Waals surface area contributed by atoms with E-state index in [4.69, 9.17) is 4.74 Å². The predicted octanol–water partition coefficient (Wildman–Crippen LogP) is 3.67. The van der Waals surface area contributed by atoms with Crippen LogP contribution in [-0.4, -0.2) is 22.9 Å². The molecule has 0 aromatic heterocycles. The monoisotopic (exact) mass is 316 g/mol. The summed E-state index contributed by atoms with van der Waals surface area (Å²) in [6, 6.07) is 4.37. The Labute approximate surface area is 138 Å². The molecule has 4 rings (SSSR count). The smallest absolute Gasteiger partial charge is 0.124 e. The summed E-state index contributed by atoms with van der Waals surface area (Å²) >= 11 is 0. The Morgan fingerprint density at radius 3 is 2.70 bits per heavy atom. The summed E-state index contributed by atoms with van der Waals surface area (Å²) in [5.74, 6) is 1.65. The van der Waals surface area contributed by atoms with Gasteiger partial charge >= 0.3 is 0 Å². The Morgan fingerprint density at radius 2 is 2.04 bits per heavy atom. The molecule has 3 heteroatoms. The average molecular weight is 316 g/mol. The van der Waals surface area contributed by atoms with Crippen molar-refractivity contribution < 1.29 is 14.9 Å². The van der Waals surface area contributed by atoms with Gasteiger partial charge in [-0.25, -0.2) is 0 Å². The van der Waals surface area contributed by atoms with Crippen LogP contribution in [0.1, 0.15) is 75.7 Å². The standard InChI is InChI=1S/C20H28O3/c1-11(2)12-7-13-14(22)9-16-19(3,10-21)6-5-17-20(16,4)18(13)15(8-12)23-17/h7-8,11,14,16-17,21-22H,5-6,9-10H2,1-4H3. The fourth-order valence-electron chi connectivity index (χ4n) is 5.55. The second-order valence-electron chi connectivity index (χ2n) is 8.68. The normalized spacial score (nSPS) is 40.9. The Kier molecular flexibility index (Phi) is 3.18. The molecule has 2 aliphatic carbocycles. The lowest BCUT2D eigenvalue weighted by Gasteiger charge is -2.55. The van der Waals surface area contributed by atoms with Gasteiger partial charge in [0.15, 0.2) is 0 Å². The number of hydrogen-bond donors (Lipinski definition) is 2.